The lowest BCUT2D eigenvalue weighted by atomic mass is 10.1. The normalized spacial score (nSPS) is 21.4. The molecule has 1 saturated carbocycles. The number of carbonyl (C=O) groups is 1. The van der Waals surface area contributed by atoms with E-state index in [9.17, 15) is 14.9 Å². The number of nitrogens with one attached hydrogen (secondary N) is 1. The highest BCUT2D eigenvalue weighted by molar-refractivity contribution is 5.94. The summed E-state index contributed by atoms with van der Waals surface area (Å²) in [6.45, 7) is 3.89. The fourth-order valence-electron chi connectivity index (χ4n) is 2.03. The molecule has 0 unspecified atom stereocenters. The summed E-state index contributed by atoms with van der Waals surface area (Å²) in [7, 11) is 0. The molecule has 5 heteroatoms. The molecule has 2 atom stereocenters. The van der Waals surface area contributed by atoms with Gasteiger partial charge in [-0.25, -0.2) is 0 Å². The van der Waals surface area contributed by atoms with Crippen molar-refractivity contribution in [2.75, 3.05) is 5.32 Å². The van der Waals surface area contributed by atoms with Crippen molar-refractivity contribution in [1.82, 2.24) is 0 Å². The predicted octanol–water partition coefficient (Wildman–Crippen LogP) is 2.75. The van der Waals surface area contributed by atoms with Crippen LogP contribution in [-0.4, -0.2) is 10.8 Å². The number of carbonyl (C=O) groups excluding carboxylic acids is 1. The third-order valence-electron chi connectivity index (χ3n) is 3.38. The van der Waals surface area contributed by atoms with Crippen LogP contribution in [0.3, 0.4) is 0 Å². The lowest BCUT2D eigenvalue weighted by Gasteiger charge is -2.06. The van der Waals surface area contributed by atoms with Gasteiger partial charge in [0.25, 0.3) is 5.69 Å². The summed E-state index contributed by atoms with van der Waals surface area (Å²) in [4.78, 5) is 22.2. The van der Waals surface area contributed by atoms with Crippen LogP contribution >= 0.6 is 0 Å². The van der Waals surface area contributed by atoms with Crippen molar-refractivity contribution in [3.05, 3.63) is 33.9 Å². The molecule has 1 aliphatic carbocycles. The summed E-state index contributed by atoms with van der Waals surface area (Å²) < 4.78 is 0. The van der Waals surface area contributed by atoms with Crippen molar-refractivity contribution >= 4 is 17.3 Å². The first-order chi connectivity index (χ1) is 8.52. The van der Waals surface area contributed by atoms with Crippen molar-refractivity contribution in [2.24, 2.45) is 11.8 Å². The predicted molar refractivity (Wildman–Crippen MR) is 68.4 cm³/mol. The van der Waals surface area contributed by atoms with Crippen LogP contribution < -0.4 is 5.32 Å². The highest BCUT2D eigenvalue weighted by Crippen LogP contribution is 2.38. The second-order valence-corrected chi connectivity index (χ2v) is 4.76. The minimum Gasteiger partial charge on any atom is -0.326 e. The maximum Gasteiger partial charge on any atom is 0.274 e. The van der Waals surface area contributed by atoms with Gasteiger partial charge in [0.2, 0.25) is 5.91 Å². The Morgan fingerprint density at radius 2 is 2.22 bits per heavy atom. The Morgan fingerprint density at radius 3 is 2.72 bits per heavy atom. The third-order valence-corrected chi connectivity index (χ3v) is 3.38. The van der Waals surface area contributed by atoms with Gasteiger partial charge >= 0.3 is 0 Å². The Kier molecular flexibility index (Phi) is 3.32. The molecule has 0 aliphatic heterocycles. The SMILES string of the molecule is CCc1ccc(NC(=O)[C@H]2C[C@@H]2C)cc1[N+](=O)[O-]. The number of nitrogens with zero attached hydrogens (tertiary/aromatic N) is 1. The van der Waals surface area contributed by atoms with E-state index in [1.54, 1.807) is 12.1 Å². The molecule has 0 bridgehead atoms. The molecular formula is C13H16N2O3. The number of anilines is 1. The van der Waals surface area contributed by atoms with Gasteiger partial charge in [0.15, 0.2) is 0 Å². The van der Waals surface area contributed by atoms with Gasteiger partial charge in [0, 0.05) is 23.2 Å². The highest BCUT2D eigenvalue weighted by atomic mass is 16.6. The molecule has 2 rings (SSSR count). The molecule has 1 amide bonds. The van der Waals surface area contributed by atoms with Crippen LogP contribution in [0.15, 0.2) is 18.2 Å². The van der Waals surface area contributed by atoms with Crippen LogP contribution in [0.5, 0.6) is 0 Å². The average Bonchev–Trinajstić information content (AvgIpc) is 3.06. The first-order valence-corrected chi connectivity index (χ1v) is 6.11. The average molecular weight is 248 g/mol. The first-order valence-electron chi connectivity index (χ1n) is 6.11. The van der Waals surface area contributed by atoms with Crippen molar-refractivity contribution < 1.29 is 9.72 Å². The second-order valence-electron chi connectivity index (χ2n) is 4.76. The van der Waals surface area contributed by atoms with E-state index in [-0.39, 0.29) is 17.5 Å². The zero-order chi connectivity index (χ0) is 13.3. The molecule has 1 aromatic rings. The zero-order valence-corrected chi connectivity index (χ0v) is 10.5. The van der Waals surface area contributed by atoms with Gasteiger partial charge in [-0.15, -0.1) is 0 Å². The van der Waals surface area contributed by atoms with Gasteiger partial charge in [-0.3, -0.25) is 14.9 Å². The topological polar surface area (TPSA) is 72.2 Å². The standard InChI is InChI=1S/C13H16N2O3/c1-3-9-4-5-10(7-12(9)15(17)18)14-13(16)11-6-8(11)2/h4-5,7-8,11H,3,6H2,1-2H3,(H,14,16)/t8-,11-/m0/s1. The van der Waals surface area contributed by atoms with Crippen molar-refractivity contribution in [1.29, 1.82) is 0 Å². The van der Waals surface area contributed by atoms with E-state index < -0.39 is 4.92 Å². The molecule has 0 aromatic heterocycles. The van der Waals surface area contributed by atoms with Gasteiger partial charge in [-0.1, -0.05) is 19.9 Å². The van der Waals surface area contributed by atoms with Gasteiger partial charge in [-0.2, -0.15) is 0 Å². The lowest BCUT2D eigenvalue weighted by molar-refractivity contribution is -0.385. The molecule has 0 saturated heterocycles. The zero-order valence-electron chi connectivity index (χ0n) is 10.5. The summed E-state index contributed by atoms with van der Waals surface area (Å²) in [6, 6.07) is 4.85. The maximum absolute atomic E-state index is 11.7. The molecule has 0 heterocycles. The number of nitro groups is 1. The summed E-state index contributed by atoms with van der Waals surface area (Å²) in [6.07, 6.45) is 1.51. The smallest absolute Gasteiger partial charge is 0.274 e. The van der Waals surface area contributed by atoms with E-state index in [0.29, 0.717) is 23.6 Å². The van der Waals surface area contributed by atoms with Crippen molar-refractivity contribution in [2.45, 2.75) is 26.7 Å². The number of hydrogen-bond acceptors (Lipinski definition) is 3. The molecular weight excluding hydrogens is 232 g/mol. The highest BCUT2D eigenvalue weighted by Gasteiger charge is 2.39. The number of benzene rings is 1. The first kappa shape index (κ1) is 12.5. The molecule has 96 valence electrons. The summed E-state index contributed by atoms with van der Waals surface area (Å²) in [5, 5.41) is 13.6. The maximum atomic E-state index is 11.7. The second kappa shape index (κ2) is 4.76. The van der Waals surface area contributed by atoms with Crippen LogP contribution in [0.25, 0.3) is 0 Å². The van der Waals surface area contributed by atoms with Gasteiger partial charge < -0.3 is 5.32 Å². The summed E-state index contributed by atoms with van der Waals surface area (Å²) >= 11 is 0. The van der Waals surface area contributed by atoms with Crippen molar-refractivity contribution in [3.8, 4) is 0 Å². The Bertz CT molecular complexity index is 499. The Labute approximate surface area is 105 Å². The molecule has 1 aliphatic rings. The number of rotatable bonds is 4. The summed E-state index contributed by atoms with van der Waals surface area (Å²) in [5.74, 6) is 0.450. The molecule has 1 fully saturated rings. The van der Waals surface area contributed by atoms with Crippen LogP contribution in [0.2, 0.25) is 0 Å². The van der Waals surface area contributed by atoms with Gasteiger partial charge in [0.1, 0.15) is 0 Å². The monoisotopic (exact) mass is 248 g/mol. The molecule has 5 nitrogen and oxygen atoms in total. The Hall–Kier alpha value is -1.91. The van der Waals surface area contributed by atoms with E-state index in [1.807, 2.05) is 13.8 Å². The number of amides is 1. The summed E-state index contributed by atoms with van der Waals surface area (Å²) in [5.41, 5.74) is 1.25. The Morgan fingerprint density at radius 1 is 1.56 bits per heavy atom. The minimum absolute atomic E-state index is 0.0407. The van der Waals surface area contributed by atoms with E-state index in [0.717, 1.165) is 6.42 Å². The van der Waals surface area contributed by atoms with Crippen LogP contribution in [-0.2, 0) is 11.2 Å². The van der Waals surface area contributed by atoms with E-state index in [1.165, 1.54) is 6.07 Å². The largest absolute Gasteiger partial charge is 0.326 e. The molecule has 1 aromatic carbocycles. The number of hydrogen-bond donors (Lipinski definition) is 1. The van der Waals surface area contributed by atoms with Crippen molar-refractivity contribution in [3.63, 3.8) is 0 Å². The van der Waals surface area contributed by atoms with E-state index in [4.69, 9.17) is 0 Å². The van der Waals surface area contributed by atoms with E-state index in [2.05, 4.69) is 5.32 Å². The molecule has 1 N–H and O–H groups in total. The number of nitro benzene ring substituents is 1. The third kappa shape index (κ3) is 2.50. The minimum atomic E-state index is -0.408. The Balaban J connectivity index is 2.16. The number of aryl methyl sites for hydroxylation is 1. The molecule has 18 heavy (non-hydrogen) atoms. The van der Waals surface area contributed by atoms with Gasteiger partial charge in [0.05, 0.1) is 4.92 Å². The lowest BCUT2D eigenvalue weighted by Crippen LogP contribution is -2.14. The molecule has 0 spiro atoms. The van der Waals surface area contributed by atoms with Crippen LogP contribution in [0.1, 0.15) is 25.8 Å². The quantitative estimate of drug-likeness (QED) is 0.657. The van der Waals surface area contributed by atoms with Crippen LogP contribution in [0, 0.1) is 22.0 Å². The fourth-order valence-corrected chi connectivity index (χ4v) is 2.03. The molecule has 0 radical (unpaired) electrons. The van der Waals surface area contributed by atoms with Gasteiger partial charge in [-0.05, 0) is 24.8 Å². The van der Waals surface area contributed by atoms with E-state index >= 15 is 0 Å². The van der Waals surface area contributed by atoms with Crippen LogP contribution in [0.4, 0.5) is 11.4 Å². The fraction of sp³-hybridized carbons (Fsp3) is 0.462.